The van der Waals surface area contributed by atoms with Gasteiger partial charge in [-0.3, -0.25) is 9.59 Å². The normalized spacial score (nSPS) is 26.1. The van der Waals surface area contributed by atoms with Crippen LogP contribution >= 0.6 is 0 Å². The van der Waals surface area contributed by atoms with Crippen LogP contribution in [-0.4, -0.2) is 34.0 Å². The van der Waals surface area contributed by atoms with Crippen LogP contribution in [0, 0.1) is 5.92 Å². The number of carboxylic acids is 1. The van der Waals surface area contributed by atoms with Crippen LogP contribution in [0.3, 0.4) is 0 Å². The summed E-state index contributed by atoms with van der Waals surface area (Å²) in [5.41, 5.74) is -0.311. The van der Waals surface area contributed by atoms with E-state index in [1.165, 1.54) is 6.92 Å². The smallest absolute Gasteiger partial charge is 0.308 e. The summed E-state index contributed by atoms with van der Waals surface area (Å²) in [5, 5.41) is 8.81. The Bertz CT molecular complexity index is 247. The molecule has 0 saturated carbocycles. The summed E-state index contributed by atoms with van der Waals surface area (Å²) in [7, 11) is 0. The van der Waals surface area contributed by atoms with E-state index in [2.05, 4.69) is 0 Å². The van der Waals surface area contributed by atoms with E-state index >= 15 is 0 Å². The van der Waals surface area contributed by atoms with Crippen molar-refractivity contribution in [3.63, 3.8) is 0 Å². The van der Waals surface area contributed by atoms with E-state index in [1.807, 2.05) is 13.8 Å². The molecule has 74 valence electrons. The van der Waals surface area contributed by atoms with Crippen LogP contribution in [0.25, 0.3) is 0 Å². The van der Waals surface area contributed by atoms with Crippen molar-refractivity contribution >= 4 is 11.9 Å². The molecule has 0 aromatic carbocycles. The van der Waals surface area contributed by atoms with Gasteiger partial charge in [-0.05, 0) is 20.3 Å². The van der Waals surface area contributed by atoms with Gasteiger partial charge in [0.25, 0.3) is 0 Å². The van der Waals surface area contributed by atoms with Crippen molar-refractivity contribution in [3.05, 3.63) is 0 Å². The highest BCUT2D eigenvalue weighted by atomic mass is 16.4. The minimum atomic E-state index is -0.808. The minimum absolute atomic E-state index is 0.0475. The van der Waals surface area contributed by atoms with Gasteiger partial charge < -0.3 is 10.0 Å². The lowest BCUT2D eigenvalue weighted by Gasteiger charge is -2.30. The maximum absolute atomic E-state index is 11.2. The number of amides is 1. The predicted octanol–water partition coefficient (Wildman–Crippen LogP) is 0.718. The van der Waals surface area contributed by atoms with Gasteiger partial charge in [-0.15, -0.1) is 0 Å². The number of aliphatic carboxylic acids is 1. The molecule has 1 amide bonds. The minimum Gasteiger partial charge on any atom is -0.481 e. The summed E-state index contributed by atoms with van der Waals surface area (Å²) >= 11 is 0. The largest absolute Gasteiger partial charge is 0.481 e. The Morgan fingerprint density at radius 2 is 2.00 bits per heavy atom. The van der Waals surface area contributed by atoms with Crippen LogP contribution in [0.4, 0.5) is 0 Å². The molecular weight excluding hydrogens is 170 g/mol. The average Bonchev–Trinajstić information content (AvgIpc) is 2.25. The number of carboxylic acid groups (broad SMARTS) is 1. The zero-order valence-corrected chi connectivity index (χ0v) is 8.20. The van der Waals surface area contributed by atoms with E-state index in [1.54, 1.807) is 4.90 Å². The van der Waals surface area contributed by atoms with Crippen LogP contribution in [0.5, 0.6) is 0 Å². The van der Waals surface area contributed by atoms with Gasteiger partial charge in [0, 0.05) is 19.0 Å². The van der Waals surface area contributed by atoms with Crippen molar-refractivity contribution < 1.29 is 14.7 Å². The van der Waals surface area contributed by atoms with Crippen LogP contribution in [0.15, 0.2) is 0 Å². The SMILES string of the molecule is CC(=O)N1CC(C(=O)O)CC1(C)C. The van der Waals surface area contributed by atoms with Crippen LogP contribution in [0.1, 0.15) is 27.2 Å². The fourth-order valence-electron chi connectivity index (χ4n) is 1.97. The van der Waals surface area contributed by atoms with Gasteiger partial charge in [0.2, 0.25) is 5.91 Å². The molecular formula is C9H15NO3. The third-order valence-electron chi connectivity index (χ3n) is 2.61. The molecule has 4 heteroatoms. The first-order valence-electron chi connectivity index (χ1n) is 4.35. The Balaban J connectivity index is 2.79. The van der Waals surface area contributed by atoms with Crippen molar-refractivity contribution in [2.75, 3.05) is 6.54 Å². The highest BCUT2D eigenvalue weighted by Gasteiger charge is 2.42. The number of nitrogens with zero attached hydrogens (tertiary/aromatic N) is 1. The second kappa shape index (κ2) is 3.01. The third kappa shape index (κ3) is 1.82. The Kier molecular flexibility index (Phi) is 2.32. The highest BCUT2D eigenvalue weighted by Crippen LogP contribution is 2.32. The highest BCUT2D eigenvalue weighted by molar-refractivity contribution is 5.77. The Labute approximate surface area is 77.5 Å². The van der Waals surface area contributed by atoms with E-state index < -0.39 is 11.9 Å². The van der Waals surface area contributed by atoms with Crippen molar-refractivity contribution in [3.8, 4) is 0 Å². The summed E-state index contributed by atoms with van der Waals surface area (Å²) in [5.74, 6) is -1.26. The lowest BCUT2D eigenvalue weighted by atomic mass is 9.96. The molecule has 1 N–H and O–H groups in total. The van der Waals surface area contributed by atoms with Gasteiger partial charge in [0.1, 0.15) is 0 Å². The molecule has 0 bridgehead atoms. The molecule has 1 aliphatic rings. The first-order chi connectivity index (χ1) is 5.84. The van der Waals surface area contributed by atoms with Crippen molar-refractivity contribution in [2.45, 2.75) is 32.7 Å². The molecule has 0 aliphatic carbocycles. The summed E-state index contributed by atoms with van der Waals surface area (Å²) in [6.45, 7) is 5.62. The van der Waals surface area contributed by atoms with E-state index in [4.69, 9.17) is 5.11 Å². The second-order valence-corrected chi connectivity index (χ2v) is 4.18. The Hall–Kier alpha value is -1.06. The number of hydrogen-bond acceptors (Lipinski definition) is 2. The average molecular weight is 185 g/mol. The topological polar surface area (TPSA) is 57.6 Å². The zero-order chi connectivity index (χ0) is 10.2. The molecule has 1 unspecified atom stereocenters. The van der Waals surface area contributed by atoms with Gasteiger partial charge in [0.05, 0.1) is 5.92 Å². The first kappa shape index (κ1) is 10.0. The first-order valence-corrected chi connectivity index (χ1v) is 4.35. The number of likely N-dealkylation sites (tertiary alicyclic amines) is 1. The van der Waals surface area contributed by atoms with Crippen molar-refractivity contribution in [1.29, 1.82) is 0 Å². The fourth-order valence-corrected chi connectivity index (χ4v) is 1.97. The second-order valence-electron chi connectivity index (χ2n) is 4.18. The summed E-state index contributed by atoms with van der Waals surface area (Å²) < 4.78 is 0. The Morgan fingerprint density at radius 1 is 1.46 bits per heavy atom. The van der Waals surface area contributed by atoms with E-state index in [0.717, 1.165) is 0 Å². The van der Waals surface area contributed by atoms with Crippen molar-refractivity contribution in [1.82, 2.24) is 4.90 Å². The molecule has 0 aromatic rings. The Morgan fingerprint density at radius 3 is 2.23 bits per heavy atom. The maximum Gasteiger partial charge on any atom is 0.308 e. The molecule has 0 spiro atoms. The number of carbonyl (C=O) groups is 2. The standard InChI is InChI=1S/C9H15NO3/c1-6(11)10-5-7(8(12)13)4-9(10,2)3/h7H,4-5H2,1-3H3,(H,12,13). The quantitative estimate of drug-likeness (QED) is 0.654. The molecule has 1 saturated heterocycles. The number of hydrogen-bond donors (Lipinski definition) is 1. The number of rotatable bonds is 1. The fraction of sp³-hybridized carbons (Fsp3) is 0.778. The van der Waals surface area contributed by atoms with Crippen LogP contribution < -0.4 is 0 Å². The van der Waals surface area contributed by atoms with Crippen LogP contribution in [0.2, 0.25) is 0 Å². The molecule has 13 heavy (non-hydrogen) atoms. The molecule has 1 atom stereocenters. The summed E-state index contributed by atoms with van der Waals surface area (Å²) in [4.78, 5) is 23.5. The van der Waals surface area contributed by atoms with Gasteiger partial charge >= 0.3 is 5.97 Å². The molecule has 1 rings (SSSR count). The predicted molar refractivity (Wildman–Crippen MR) is 47.2 cm³/mol. The summed E-state index contributed by atoms with van der Waals surface area (Å²) in [6.07, 6.45) is 0.544. The van der Waals surface area contributed by atoms with Gasteiger partial charge in [-0.25, -0.2) is 0 Å². The molecule has 0 aromatic heterocycles. The lowest BCUT2D eigenvalue weighted by molar-refractivity contribution is -0.141. The molecule has 1 aliphatic heterocycles. The van der Waals surface area contributed by atoms with Gasteiger partial charge in [0.15, 0.2) is 0 Å². The molecule has 1 heterocycles. The van der Waals surface area contributed by atoms with E-state index in [9.17, 15) is 9.59 Å². The molecule has 4 nitrogen and oxygen atoms in total. The van der Waals surface area contributed by atoms with Crippen molar-refractivity contribution in [2.24, 2.45) is 5.92 Å². The van der Waals surface area contributed by atoms with Gasteiger partial charge in [-0.1, -0.05) is 0 Å². The zero-order valence-electron chi connectivity index (χ0n) is 8.20. The monoisotopic (exact) mass is 185 g/mol. The molecule has 0 radical (unpaired) electrons. The number of carbonyl (C=O) groups excluding carboxylic acids is 1. The van der Waals surface area contributed by atoms with E-state index in [0.29, 0.717) is 13.0 Å². The lowest BCUT2D eigenvalue weighted by Crippen LogP contribution is -2.41. The third-order valence-corrected chi connectivity index (χ3v) is 2.61. The summed E-state index contributed by atoms with van der Waals surface area (Å²) in [6, 6.07) is 0. The van der Waals surface area contributed by atoms with Crippen LogP contribution in [-0.2, 0) is 9.59 Å². The molecule has 1 fully saturated rings. The van der Waals surface area contributed by atoms with Gasteiger partial charge in [-0.2, -0.15) is 0 Å². The van der Waals surface area contributed by atoms with E-state index in [-0.39, 0.29) is 11.4 Å². The maximum atomic E-state index is 11.2.